The Labute approximate surface area is 95.7 Å². The fourth-order valence-electron chi connectivity index (χ4n) is 2.25. The molecule has 1 unspecified atom stereocenters. The smallest absolute Gasteiger partial charge is 0.236 e. The molecule has 1 atom stereocenters. The van der Waals surface area contributed by atoms with E-state index in [0.29, 0.717) is 0 Å². The monoisotopic (exact) mass is 219 g/mol. The molecule has 0 saturated carbocycles. The molecular weight excluding hydrogens is 202 g/mol. The van der Waals surface area contributed by atoms with Crippen LogP contribution in [0.25, 0.3) is 0 Å². The van der Waals surface area contributed by atoms with Crippen LogP contribution in [-0.4, -0.2) is 18.1 Å². The average molecular weight is 219 g/mol. The Morgan fingerprint density at radius 2 is 2.00 bits per heavy atom. The third-order valence-corrected chi connectivity index (χ3v) is 3.38. The number of hydrogen-bond donors (Lipinski definition) is 1. The van der Waals surface area contributed by atoms with E-state index in [2.05, 4.69) is 0 Å². The number of aliphatic hydroxyl groups is 1. The highest BCUT2D eigenvalue weighted by Gasteiger charge is 2.42. The molecule has 0 spiro atoms. The molecule has 0 aromatic heterocycles. The van der Waals surface area contributed by atoms with Gasteiger partial charge in [0.1, 0.15) is 0 Å². The lowest BCUT2D eigenvalue weighted by atomic mass is 9.85. The van der Waals surface area contributed by atoms with E-state index in [9.17, 15) is 9.90 Å². The van der Waals surface area contributed by atoms with Gasteiger partial charge in [-0.1, -0.05) is 12.1 Å². The van der Waals surface area contributed by atoms with Gasteiger partial charge in [-0.2, -0.15) is 0 Å². The highest BCUT2D eigenvalue weighted by atomic mass is 16.3. The summed E-state index contributed by atoms with van der Waals surface area (Å²) in [6.07, 6.45) is -0.498. The maximum absolute atomic E-state index is 12.0. The molecule has 3 heteroatoms. The van der Waals surface area contributed by atoms with Crippen molar-refractivity contribution in [2.75, 3.05) is 11.9 Å². The Kier molecular flexibility index (Phi) is 2.31. The zero-order valence-corrected chi connectivity index (χ0v) is 10.1. The van der Waals surface area contributed by atoms with Crippen LogP contribution in [0.4, 0.5) is 5.69 Å². The number of benzene rings is 1. The van der Waals surface area contributed by atoms with Crippen molar-refractivity contribution in [3.8, 4) is 0 Å². The lowest BCUT2D eigenvalue weighted by molar-refractivity contribution is -0.121. The van der Waals surface area contributed by atoms with Crippen molar-refractivity contribution in [2.24, 2.45) is 0 Å². The molecule has 0 fully saturated rings. The van der Waals surface area contributed by atoms with Crippen molar-refractivity contribution in [3.05, 3.63) is 29.3 Å². The van der Waals surface area contributed by atoms with Crippen LogP contribution >= 0.6 is 0 Å². The van der Waals surface area contributed by atoms with Crippen LogP contribution < -0.4 is 4.90 Å². The number of amides is 1. The Morgan fingerprint density at radius 1 is 1.38 bits per heavy atom. The van der Waals surface area contributed by atoms with Crippen LogP contribution in [-0.2, 0) is 10.2 Å². The predicted octanol–water partition coefficient (Wildman–Crippen LogP) is 1.99. The van der Waals surface area contributed by atoms with Crippen molar-refractivity contribution in [2.45, 2.75) is 32.3 Å². The quantitative estimate of drug-likeness (QED) is 0.784. The molecule has 16 heavy (non-hydrogen) atoms. The number of fused-ring (bicyclic) bond motifs is 1. The summed E-state index contributed by atoms with van der Waals surface area (Å²) in [5.74, 6) is 0.102. The minimum atomic E-state index is -0.498. The Hall–Kier alpha value is -1.35. The Balaban J connectivity index is 2.61. The van der Waals surface area contributed by atoms with E-state index in [1.807, 2.05) is 32.0 Å². The van der Waals surface area contributed by atoms with Gasteiger partial charge in [0, 0.05) is 12.7 Å². The lowest BCUT2D eigenvalue weighted by Crippen LogP contribution is -2.33. The molecule has 1 aliphatic heterocycles. The summed E-state index contributed by atoms with van der Waals surface area (Å²) in [6.45, 7) is 5.57. The van der Waals surface area contributed by atoms with Crippen LogP contribution in [0.1, 0.15) is 38.0 Å². The molecule has 2 rings (SSSR count). The van der Waals surface area contributed by atoms with Gasteiger partial charge in [0.2, 0.25) is 5.91 Å². The summed E-state index contributed by atoms with van der Waals surface area (Å²) in [7, 11) is 1.79. The highest BCUT2D eigenvalue weighted by molar-refractivity contribution is 6.07. The van der Waals surface area contributed by atoms with Gasteiger partial charge in [-0.3, -0.25) is 4.79 Å². The maximum atomic E-state index is 12.0. The van der Waals surface area contributed by atoms with E-state index in [-0.39, 0.29) is 5.91 Å². The number of aliphatic hydroxyl groups excluding tert-OH is 1. The summed E-state index contributed by atoms with van der Waals surface area (Å²) in [6, 6.07) is 5.71. The van der Waals surface area contributed by atoms with Gasteiger partial charge in [0.05, 0.1) is 11.5 Å². The molecule has 0 bridgehead atoms. The van der Waals surface area contributed by atoms with Crippen LogP contribution in [0.2, 0.25) is 0 Å². The van der Waals surface area contributed by atoms with E-state index in [1.165, 1.54) is 0 Å². The molecule has 1 aromatic carbocycles. The topological polar surface area (TPSA) is 40.5 Å². The van der Waals surface area contributed by atoms with E-state index in [4.69, 9.17) is 0 Å². The molecule has 1 aromatic rings. The number of nitrogens with zero attached hydrogens (tertiary/aromatic N) is 1. The summed E-state index contributed by atoms with van der Waals surface area (Å²) in [4.78, 5) is 13.7. The molecule has 3 nitrogen and oxygen atoms in total. The van der Waals surface area contributed by atoms with Gasteiger partial charge in [-0.05, 0) is 38.0 Å². The maximum Gasteiger partial charge on any atom is 0.236 e. The largest absolute Gasteiger partial charge is 0.389 e. The average Bonchev–Trinajstić information content (AvgIpc) is 2.40. The van der Waals surface area contributed by atoms with Crippen LogP contribution in [0, 0.1) is 0 Å². The van der Waals surface area contributed by atoms with E-state index in [1.54, 1.807) is 18.9 Å². The summed E-state index contributed by atoms with van der Waals surface area (Å²) in [5, 5.41) is 9.56. The number of hydrogen-bond acceptors (Lipinski definition) is 2. The molecule has 1 aliphatic rings. The van der Waals surface area contributed by atoms with Crippen LogP contribution in [0.5, 0.6) is 0 Å². The summed E-state index contributed by atoms with van der Waals surface area (Å²) >= 11 is 0. The minimum Gasteiger partial charge on any atom is -0.389 e. The van der Waals surface area contributed by atoms with Crippen LogP contribution in [0.15, 0.2) is 18.2 Å². The standard InChI is InChI=1S/C13H17NO2/c1-8(15)9-5-6-11-10(7-9)13(2,3)12(16)14(11)4/h5-8,15H,1-4H3. The fourth-order valence-corrected chi connectivity index (χ4v) is 2.25. The van der Waals surface area contributed by atoms with Gasteiger partial charge in [0.25, 0.3) is 0 Å². The minimum absolute atomic E-state index is 0.102. The van der Waals surface area contributed by atoms with Crippen molar-refractivity contribution >= 4 is 11.6 Å². The first-order valence-electron chi connectivity index (χ1n) is 5.46. The second-order valence-electron chi connectivity index (χ2n) is 4.94. The molecule has 0 radical (unpaired) electrons. The van der Waals surface area contributed by atoms with E-state index < -0.39 is 11.5 Å². The summed E-state index contributed by atoms with van der Waals surface area (Å²) in [5.41, 5.74) is 2.31. The first-order chi connectivity index (χ1) is 7.35. The van der Waals surface area contributed by atoms with Gasteiger partial charge in [-0.25, -0.2) is 0 Å². The molecule has 0 aliphatic carbocycles. The number of carbonyl (C=O) groups is 1. The molecule has 1 heterocycles. The third kappa shape index (κ3) is 1.35. The number of anilines is 1. The fraction of sp³-hybridized carbons (Fsp3) is 0.462. The first kappa shape index (κ1) is 11.1. The number of likely N-dealkylation sites (N-methyl/N-ethyl adjacent to an activating group) is 1. The van der Waals surface area contributed by atoms with E-state index >= 15 is 0 Å². The zero-order chi connectivity index (χ0) is 12.1. The third-order valence-electron chi connectivity index (χ3n) is 3.38. The van der Waals surface area contributed by atoms with Gasteiger partial charge >= 0.3 is 0 Å². The predicted molar refractivity (Wildman–Crippen MR) is 63.5 cm³/mol. The Bertz CT molecular complexity index is 449. The van der Waals surface area contributed by atoms with Crippen molar-refractivity contribution in [1.29, 1.82) is 0 Å². The second-order valence-corrected chi connectivity index (χ2v) is 4.94. The van der Waals surface area contributed by atoms with Crippen molar-refractivity contribution < 1.29 is 9.90 Å². The molecular formula is C13H17NO2. The van der Waals surface area contributed by atoms with Crippen molar-refractivity contribution in [3.63, 3.8) is 0 Å². The first-order valence-corrected chi connectivity index (χ1v) is 5.46. The van der Waals surface area contributed by atoms with E-state index in [0.717, 1.165) is 16.8 Å². The number of rotatable bonds is 1. The second kappa shape index (κ2) is 3.32. The molecule has 86 valence electrons. The van der Waals surface area contributed by atoms with Gasteiger partial charge < -0.3 is 10.0 Å². The lowest BCUT2D eigenvalue weighted by Gasteiger charge is -2.17. The SMILES string of the molecule is CC(O)c1ccc2c(c1)C(C)(C)C(=O)N2C. The van der Waals surface area contributed by atoms with Crippen LogP contribution in [0.3, 0.4) is 0 Å². The molecule has 1 amide bonds. The number of carbonyl (C=O) groups excluding carboxylic acids is 1. The zero-order valence-electron chi connectivity index (χ0n) is 10.1. The highest BCUT2D eigenvalue weighted by Crippen LogP contribution is 2.41. The molecule has 0 saturated heterocycles. The normalized spacial score (nSPS) is 19.8. The van der Waals surface area contributed by atoms with Crippen molar-refractivity contribution in [1.82, 2.24) is 0 Å². The summed E-state index contributed by atoms with van der Waals surface area (Å²) < 4.78 is 0. The van der Waals surface area contributed by atoms with Gasteiger partial charge in [0.15, 0.2) is 0 Å². The Morgan fingerprint density at radius 3 is 2.56 bits per heavy atom. The van der Waals surface area contributed by atoms with Gasteiger partial charge in [-0.15, -0.1) is 0 Å². The molecule has 1 N–H and O–H groups in total.